The molecule has 0 bridgehead atoms. The fourth-order valence-corrected chi connectivity index (χ4v) is 5.69. The van der Waals surface area contributed by atoms with Crippen molar-refractivity contribution in [2.75, 3.05) is 25.0 Å². The van der Waals surface area contributed by atoms with E-state index in [4.69, 9.17) is 4.74 Å². The molecule has 2 aliphatic carbocycles. The minimum Gasteiger partial charge on any atom is -0.475 e. The first-order valence-corrected chi connectivity index (χ1v) is 11.9. The lowest BCUT2D eigenvalue weighted by atomic mass is 9.76. The molecule has 1 atom stereocenters. The van der Waals surface area contributed by atoms with Crippen molar-refractivity contribution in [3.05, 3.63) is 34.5 Å². The summed E-state index contributed by atoms with van der Waals surface area (Å²) in [6.45, 7) is 3.07. The zero-order valence-electron chi connectivity index (χ0n) is 16.5. The molecule has 10 heteroatoms. The van der Waals surface area contributed by atoms with E-state index in [1.165, 1.54) is 23.7 Å². The Bertz CT molecular complexity index is 1140. The molecule has 3 heterocycles. The first-order chi connectivity index (χ1) is 14.5. The molecule has 0 spiro atoms. The highest BCUT2D eigenvalue weighted by Gasteiger charge is 2.35. The Hall–Kier alpha value is -2.59. The van der Waals surface area contributed by atoms with Crippen molar-refractivity contribution in [1.82, 2.24) is 19.4 Å². The van der Waals surface area contributed by atoms with Crippen LogP contribution < -0.4 is 14.8 Å². The van der Waals surface area contributed by atoms with E-state index in [0.29, 0.717) is 13.2 Å². The van der Waals surface area contributed by atoms with Crippen LogP contribution in [-0.4, -0.2) is 54.9 Å². The Morgan fingerprint density at radius 1 is 1.13 bits per heavy atom. The predicted molar refractivity (Wildman–Crippen MR) is 108 cm³/mol. The highest BCUT2D eigenvalue weighted by molar-refractivity contribution is 7.90. The number of amides is 2. The molecule has 2 aliphatic heterocycles. The van der Waals surface area contributed by atoms with Gasteiger partial charge in [0.05, 0.1) is 18.8 Å². The third kappa shape index (κ3) is 2.73. The number of hydrogen-bond acceptors (Lipinski definition) is 6. The average Bonchev–Trinajstić information content (AvgIpc) is 3.01. The molecule has 4 aliphatic rings. The number of rotatable bonds is 4. The first kappa shape index (κ1) is 18.2. The van der Waals surface area contributed by atoms with Crippen LogP contribution in [0.15, 0.2) is 17.2 Å². The van der Waals surface area contributed by atoms with Crippen LogP contribution in [0.25, 0.3) is 0 Å². The van der Waals surface area contributed by atoms with Crippen molar-refractivity contribution in [2.24, 2.45) is 0 Å². The van der Waals surface area contributed by atoms with Gasteiger partial charge in [-0.05, 0) is 67.4 Å². The van der Waals surface area contributed by atoms with Gasteiger partial charge in [0.1, 0.15) is 6.61 Å². The van der Waals surface area contributed by atoms with E-state index in [9.17, 15) is 13.2 Å². The Kier molecular flexibility index (Phi) is 3.91. The molecule has 1 unspecified atom stereocenters. The second kappa shape index (κ2) is 6.45. The van der Waals surface area contributed by atoms with Gasteiger partial charge in [-0.1, -0.05) is 6.07 Å². The second-order valence-corrected chi connectivity index (χ2v) is 10.1. The lowest BCUT2D eigenvalue weighted by Gasteiger charge is -2.40. The summed E-state index contributed by atoms with van der Waals surface area (Å²) in [4.78, 5) is 14.8. The molecule has 6 rings (SSSR count). The summed E-state index contributed by atoms with van der Waals surface area (Å²) < 4.78 is 35.2. The zero-order chi connectivity index (χ0) is 20.5. The molecule has 158 valence electrons. The van der Waals surface area contributed by atoms with Crippen LogP contribution in [0.5, 0.6) is 5.88 Å². The van der Waals surface area contributed by atoms with Crippen LogP contribution in [0.3, 0.4) is 0 Å². The quantitative estimate of drug-likeness (QED) is 0.753. The fraction of sp³-hybridized carbons (Fsp3) is 0.500. The topological polar surface area (TPSA) is 106 Å². The molecule has 0 radical (unpaired) electrons. The average molecular weight is 430 g/mol. The van der Waals surface area contributed by atoms with E-state index in [1.807, 2.05) is 0 Å². The Labute approximate surface area is 174 Å². The van der Waals surface area contributed by atoms with Gasteiger partial charge in [-0.2, -0.15) is 5.10 Å². The minimum absolute atomic E-state index is 0.103. The van der Waals surface area contributed by atoms with Crippen LogP contribution in [-0.2, 0) is 42.3 Å². The van der Waals surface area contributed by atoms with Gasteiger partial charge >= 0.3 is 6.03 Å². The van der Waals surface area contributed by atoms with Gasteiger partial charge in [-0.15, -0.1) is 0 Å². The number of anilines is 1. The van der Waals surface area contributed by atoms with Crippen LogP contribution in [0.1, 0.15) is 28.7 Å². The van der Waals surface area contributed by atoms with Gasteiger partial charge in [0.15, 0.2) is 4.90 Å². The van der Waals surface area contributed by atoms with Crippen LogP contribution in [0.2, 0.25) is 0 Å². The number of carbonyl (C=O) groups excluding carboxylic acids is 1. The minimum atomic E-state index is -4.10. The summed E-state index contributed by atoms with van der Waals surface area (Å²) in [7, 11) is -4.10. The summed E-state index contributed by atoms with van der Waals surface area (Å²) in [5.41, 5.74) is 5.55. The van der Waals surface area contributed by atoms with Crippen molar-refractivity contribution in [2.45, 2.75) is 49.6 Å². The molecule has 30 heavy (non-hydrogen) atoms. The predicted octanol–water partition coefficient (Wildman–Crippen LogP) is 1.06. The maximum absolute atomic E-state index is 12.9. The summed E-state index contributed by atoms with van der Waals surface area (Å²) in [5.74, 6) is 0.194. The number of nitrogens with zero attached hydrogens (tertiary/aromatic N) is 3. The number of sulfonamides is 1. The van der Waals surface area contributed by atoms with Gasteiger partial charge in [0.25, 0.3) is 10.0 Å². The number of nitrogens with one attached hydrogen (secondary N) is 2. The van der Waals surface area contributed by atoms with Crippen molar-refractivity contribution >= 4 is 21.7 Å². The number of aryl methyl sites for hydroxylation is 2. The number of fused-ring (bicyclic) bond motifs is 3. The second-order valence-electron chi connectivity index (χ2n) is 8.44. The van der Waals surface area contributed by atoms with Crippen LogP contribution >= 0.6 is 0 Å². The van der Waals surface area contributed by atoms with E-state index in [1.54, 1.807) is 4.68 Å². The third-order valence-electron chi connectivity index (χ3n) is 6.73. The standard InChI is InChI=1S/C20H23N5O4S/c26-20(22-18-15-4-2-12(15)8-13-3-5-16(13)18)23-30(27,28)17-9-21-25-10-14(11-29-19(17)25)24-6-1-7-24/h8-9,14H,1-7,10-11H2,(H2,22,23,26). The molecule has 1 saturated heterocycles. The number of hydrogen-bond donors (Lipinski definition) is 2. The summed E-state index contributed by atoms with van der Waals surface area (Å²) in [5, 5.41) is 6.98. The maximum atomic E-state index is 12.9. The Morgan fingerprint density at radius 2 is 1.87 bits per heavy atom. The molecule has 1 fully saturated rings. The van der Waals surface area contributed by atoms with Gasteiger partial charge < -0.3 is 10.1 Å². The summed E-state index contributed by atoms with van der Waals surface area (Å²) in [6, 6.07) is 1.66. The molecular formula is C20H23N5O4S. The number of carbonyl (C=O) groups is 1. The summed E-state index contributed by atoms with van der Waals surface area (Å²) >= 11 is 0. The van der Waals surface area contributed by atoms with E-state index in [-0.39, 0.29) is 16.8 Å². The Balaban J connectivity index is 1.20. The van der Waals surface area contributed by atoms with E-state index in [2.05, 4.69) is 26.1 Å². The highest BCUT2D eigenvalue weighted by atomic mass is 32.2. The maximum Gasteiger partial charge on any atom is 0.333 e. The molecule has 2 N–H and O–H groups in total. The third-order valence-corrected chi connectivity index (χ3v) is 8.05. The highest BCUT2D eigenvalue weighted by Crippen LogP contribution is 2.40. The monoisotopic (exact) mass is 429 g/mol. The first-order valence-electron chi connectivity index (χ1n) is 10.4. The largest absolute Gasteiger partial charge is 0.475 e. The van der Waals surface area contributed by atoms with Crippen molar-refractivity contribution < 1.29 is 17.9 Å². The van der Waals surface area contributed by atoms with Gasteiger partial charge in [-0.3, -0.25) is 4.90 Å². The number of urea groups is 1. The Morgan fingerprint density at radius 3 is 2.47 bits per heavy atom. The number of likely N-dealkylation sites (tertiary alicyclic amines) is 1. The lowest BCUT2D eigenvalue weighted by Crippen LogP contribution is -2.51. The molecule has 1 aromatic carbocycles. The van der Waals surface area contributed by atoms with Crippen LogP contribution in [0, 0.1) is 0 Å². The van der Waals surface area contributed by atoms with Gasteiger partial charge in [0, 0.05) is 5.69 Å². The number of benzene rings is 1. The van der Waals surface area contributed by atoms with Crippen LogP contribution in [0.4, 0.5) is 10.5 Å². The molecule has 9 nitrogen and oxygen atoms in total. The SMILES string of the molecule is O=C(Nc1c2c(cc3c1CC3)CC2)NS(=O)(=O)c1cnn2c1OCC(N1CCC1)C2. The van der Waals surface area contributed by atoms with Gasteiger partial charge in [-0.25, -0.2) is 22.6 Å². The molecule has 0 saturated carbocycles. The molecular weight excluding hydrogens is 406 g/mol. The van der Waals surface area contributed by atoms with Crippen molar-refractivity contribution in [3.8, 4) is 5.88 Å². The number of ether oxygens (including phenoxy) is 1. The number of aromatic nitrogens is 2. The fourth-order valence-electron chi connectivity index (χ4n) is 4.71. The van der Waals surface area contributed by atoms with E-state index < -0.39 is 16.1 Å². The normalized spacial score (nSPS) is 21.7. The molecule has 2 aromatic rings. The smallest absolute Gasteiger partial charge is 0.333 e. The van der Waals surface area contributed by atoms with E-state index in [0.717, 1.165) is 55.6 Å². The van der Waals surface area contributed by atoms with Crippen molar-refractivity contribution in [1.29, 1.82) is 0 Å². The van der Waals surface area contributed by atoms with Gasteiger partial charge in [0.2, 0.25) is 5.88 Å². The molecule has 1 aromatic heterocycles. The molecule has 2 amide bonds. The zero-order valence-corrected chi connectivity index (χ0v) is 17.3. The van der Waals surface area contributed by atoms with E-state index >= 15 is 0 Å². The summed E-state index contributed by atoms with van der Waals surface area (Å²) in [6.07, 6.45) is 6.27. The lowest BCUT2D eigenvalue weighted by molar-refractivity contribution is 0.0417. The van der Waals surface area contributed by atoms with Crippen molar-refractivity contribution in [3.63, 3.8) is 0 Å².